The molecule has 0 unspecified atom stereocenters. The summed E-state index contributed by atoms with van der Waals surface area (Å²) in [5, 5.41) is 103. The number of carbonyl (C=O) groups excluding carboxylic acids is 4. The van der Waals surface area contributed by atoms with Gasteiger partial charge in [-0.25, -0.2) is 4.79 Å². The van der Waals surface area contributed by atoms with Gasteiger partial charge in [-0.3, -0.25) is 14.4 Å². The van der Waals surface area contributed by atoms with Crippen molar-refractivity contribution in [3.8, 4) is 0 Å². The molecule has 6 saturated heterocycles. The number of esters is 4. The molecule has 6 heterocycles. The van der Waals surface area contributed by atoms with Crippen LogP contribution in [0.2, 0.25) is 0 Å². The van der Waals surface area contributed by atoms with Gasteiger partial charge >= 0.3 is 23.9 Å². The van der Waals surface area contributed by atoms with Crippen molar-refractivity contribution < 1.29 is 131 Å². The monoisotopic (exact) mass is 1250 g/mol. The summed E-state index contributed by atoms with van der Waals surface area (Å²) in [4.78, 5) is 53.8. The number of ether oxygens (including phenoxy) is 14. The molecule has 28 atom stereocenters. The van der Waals surface area contributed by atoms with Crippen molar-refractivity contribution in [2.45, 2.75) is 319 Å². The Labute approximate surface area is 509 Å². The number of hydrogen-bond acceptors (Lipinski definition) is 27. The molecule has 6 rings (SSSR count). The van der Waals surface area contributed by atoms with E-state index in [0.29, 0.717) is 32.1 Å². The second kappa shape index (κ2) is 34.5. The van der Waals surface area contributed by atoms with Crippen molar-refractivity contribution in [3.63, 3.8) is 0 Å². The van der Waals surface area contributed by atoms with Gasteiger partial charge in [0, 0.05) is 12.0 Å². The lowest BCUT2D eigenvalue weighted by atomic mass is 9.95. The van der Waals surface area contributed by atoms with Crippen LogP contribution in [-0.2, 0) is 85.5 Å². The van der Waals surface area contributed by atoms with Crippen LogP contribution in [0.1, 0.15) is 159 Å². The summed E-state index contributed by atoms with van der Waals surface area (Å²) in [6, 6.07) is 0. The molecule has 0 aromatic heterocycles. The van der Waals surface area contributed by atoms with Crippen LogP contribution < -0.4 is 0 Å². The fourth-order valence-electron chi connectivity index (χ4n) is 11.3. The van der Waals surface area contributed by atoms with Crippen LogP contribution in [0.4, 0.5) is 0 Å². The Morgan fingerprint density at radius 1 is 0.552 bits per heavy atom. The molecule has 0 aromatic carbocycles. The number of aliphatic hydroxyl groups is 9. The van der Waals surface area contributed by atoms with Gasteiger partial charge in [0.1, 0.15) is 92.1 Å². The lowest BCUT2D eigenvalue weighted by molar-refractivity contribution is -0.400. The van der Waals surface area contributed by atoms with Gasteiger partial charge in [-0.15, -0.1) is 0 Å². The van der Waals surface area contributed by atoms with Gasteiger partial charge in [-0.2, -0.15) is 0 Å². The number of hydrogen-bond donors (Lipinski definition) is 9. The zero-order chi connectivity index (χ0) is 64.0. The fourth-order valence-corrected chi connectivity index (χ4v) is 11.3. The van der Waals surface area contributed by atoms with Gasteiger partial charge in [0.2, 0.25) is 0 Å². The van der Waals surface area contributed by atoms with E-state index in [1.54, 1.807) is 34.6 Å². The molecule has 87 heavy (non-hydrogen) atoms. The van der Waals surface area contributed by atoms with E-state index in [4.69, 9.17) is 66.3 Å². The highest BCUT2D eigenvalue weighted by Crippen LogP contribution is 2.40. The van der Waals surface area contributed by atoms with Crippen molar-refractivity contribution in [2.24, 2.45) is 11.8 Å². The van der Waals surface area contributed by atoms with Gasteiger partial charge < -0.3 is 112 Å². The van der Waals surface area contributed by atoms with E-state index in [1.807, 2.05) is 6.92 Å². The smallest absolute Gasteiger partial charge is 0.333 e. The summed E-state index contributed by atoms with van der Waals surface area (Å²) in [6.07, 6.45) is -31.7. The SMILES string of the molecule is CC=C(C)C(=O)O[C@@H]1[C@@H](O)[C@@H](O)[C@H](O[C@@H]2[C@@H](O[C@@H]3O[C@H](COC(=O)[C@@H](C)CC)[C@@H](O)[C@H](O)[C@H]3O)[C@@H](OC(=O)[C@@H](C)CC)[C@H](O[C@@H]3[C@@H](O)[C@H]4OC(=O)CCCCCCCCCC[C@H](CCC)O[C@@H]5O[C@H](CO)[C@@H](O)[C@H](O)[C@H]5O[C@@H]4O[C@H]3C)O[C@H]2C)O[C@H]1C. The highest BCUT2D eigenvalue weighted by molar-refractivity contribution is 5.87. The van der Waals surface area contributed by atoms with E-state index in [1.165, 1.54) is 33.8 Å². The van der Waals surface area contributed by atoms with Crippen LogP contribution in [0.5, 0.6) is 0 Å². The van der Waals surface area contributed by atoms with Crippen LogP contribution >= 0.6 is 0 Å². The van der Waals surface area contributed by atoms with Gasteiger partial charge in [-0.05, 0) is 66.7 Å². The van der Waals surface area contributed by atoms with Gasteiger partial charge in [0.05, 0.1) is 42.9 Å². The summed E-state index contributed by atoms with van der Waals surface area (Å²) in [5.74, 6) is -4.43. The molecule has 6 fully saturated rings. The third kappa shape index (κ3) is 18.8. The van der Waals surface area contributed by atoms with Gasteiger partial charge in [0.15, 0.2) is 49.8 Å². The molecule has 0 spiro atoms. The summed E-state index contributed by atoms with van der Waals surface area (Å²) in [7, 11) is 0. The first-order valence-corrected chi connectivity index (χ1v) is 31.4. The Bertz CT molecular complexity index is 2160. The standard InChI is InChI=1S/C60H100O27/c1-11-23-34-24-21-19-17-15-16-18-20-22-25-37(62)81-50-45(70)47(32(9)76-58(50)86-49-41(66)38(63)35(26-61)79-59(49)78-34)84-60-52(83-55(73)30(7)14-4)51(87-57-43(68)40(65)39(64)36(80-57)27-74-53(71)28(5)12-2)48(33(10)77-60)85-56-44(69)42(67)46(31(8)75-56)82-54(72)29(6)13-3/h13,28,30-36,38-52,56-61,63-70H,11-12,14-27H2,1-10H3/t28-,30-,31-,32-,33-,34-,35+,36+,38+,39+,40-,41-,42-,43+,44+,45+,46-,47-,48-,49+,50+,51+,52+,56-,57-,58-,59+,60-/m0/s1. The summed E-state index contributed by atoms with van der Waals surface area (Å²) in [5.41, 5.74) is 0.210. The van der Waals surface area contributed by atoms with E-state index in [0.717, 1.165) is 44.9 Å². The summed E-state index contributed by atoms with van der Waals surface area (Å²) >= 11 is 0. The Kier molecular flexibility index (Phi) is 28.9. The Morgan fingerprint density at radius 3 is 1.75 bits per heavy atom. The van der Waals surface area contributed by atoms with Crippen LogP contribution in [0, 0.1) is 11.8 Å². The maximum atomic E-state index is 14.2. The molecule has 502 valence electrons. The predicted molar refractivity (Wildman–Crippen MR) is 300 cm³/mol. The molecule has 27 nitrogen and oxygen atoms in total. The normalized spacial score (nSPS) is 42.3. The molecule has 0 saturated carbocycles. The topological polar surface area (TPSA) is 380 Å². The fraction of sp³-hybridized carbons (Fsp3) is 0.900. The van der Waals surface area contributed by atoms with Crippen molar-refractivity contribution in [3.05, 3.63) is 11.6 Å². The van der Waals surface area contributed by atoms with Crippen molar-refractivity contribution in [2.75, 3.05) is 13.2 Å². The first-order chi connectivity index (χ1) is 41.4. The minimum Gasteiger partial charge on any atom is -0.463 e. The third-order valence-corrected chi connectivity index (χ3v) is 17.4. The van der Waals surface area contributed by atoms with E-state index in [2.05, 4.69) is 0 Å². The maximum Gasteiger partial charge on any atom is 0.333 e. The maximum absolute atomic E-state index is 14.2. The Hall–Kier alpha value is -3.14. The van der Waals surface area contributed by atoms with Crippen molar-refractivity contribution >= 4 is 23.9 Å². The molecule has 0 amide bonds. The zero-order valence-electron chi connectivity index (χ0n) is 51.9. The highest BCUT2D eigenvalue weighted by Gasteiger charge is 2.59. The van der Waals surface area contributed by atoms with Crippen molar-refractivity contribution in [1.82, 2.24) is 0 Å². The first-order valence-electron chi connectivity index (χ1n) is 31.4. The molecule has 6 aliphatic rings. The molecular weight excluding hydrogens is 1150 g/mol. The van der Waals surface area contributed by atoms with E-state index in [-0.39, 0.29) is 18.4 Å². The summed E-state index contributed by atoms with van der Waals surface area (Å²) in [6.45, 7) is 14.8. The molecule has 0 bridgehead atoms. The number of allylic oxidation sites excluding steroid dienone is 1. The average molecular weight is 1250 g/mol. The van der Waals surface area contributed by atoms with E-state index >= 15 is 0 Å². The minimum atomic E-state index is -2.08. The summed E-state index contributed by atoms with van der Waals surface area (Å²) < 4.78 is 87.0. The number of fused-ring (bicyclic) bond motifs is 2. The minimum absolute atomic E-state index is 0.0797. The molecule has 9 N–H and O–H groups in total. The lowest BCUT2D eigenvalue weighted by Crippen LogP contribution is -2.68. The molecule has 0 radical (unpaired) electrons. The van der Waals surface area contributed by atoms with Gasteiger partial charge in [-0.1, -0.05) is 92.1 Å². The number of aliphatic hydroxyl groups excluding tert-OH is 9. The third-order valence-electron chi connectivity index (χ3n) is 17.4. The number of carbonyl (C=O) groups is 4. The Morgan fingerprint density at radius 2 is 1.10 bits per heavy atom. The second-order valence-corrected chi connectivity index (χ2v) is 24.1. The first kappa shape index (κ1) is 72.9. The van der Waals surface area contributed by atoms with E-state index in [9.17, 15) is 65.1 Å². The predicted octanol–water partition coefficient (Wildman–Crippen LogP) is 1.53. The quantitative estimate of drug-likeness (QED) is 0.0534. The van der Waals surface area contributed by atoms with Crippen molar-refractivity contribution in [1.29, 1.82) is 0 Å². The van der Waals surface area contributed by atoms with Crippen LogP contribution in [-0.4, -0.2) is 243 Å². The van der Waals surface area contributed by atoms with E-state index < -0.39 is 209 Å². The van der Waals surface area contributed by atoms with Crippen LogP contribution in [0.15, 0.2) is 11.6 Å². The average Bonchev–Trinajstić information content (AvgIpc) is 1.11. The molecule has 0 aliphatic carbocycles. The number of rotatable bonds is 18. The second-order valence-electron chi connectivity index (χ2n) is 24.1. The Balaban J connectivity index is 1.39. The molecule has 27 heteroatoms. The lowest BCUT2D eigenvalue weighted by Gasteiger charge is -2.51. The van der Waals surface area contributed by atoms with Crippen LogP contribution in [0.25, 0.3) is 0 Å². The van der Waals surface area contributed by atoms with Crippen LogP contribution in [0.3, 0.4) is 0 Å². The zero-order valence-corrected chi connectivity index (χ0v) is 51.9. The van der Waals surface area contributed by atoms with Gasteiger partial charge in [0.25, 0.3) is 0 Å². The molecule has 6 aliphatic heterocycles. The largest absolute Gasteiger partial charge is 0.463 e. The molecule has 0 aromatic rings. The molecular formula is C60H100O27. The highest BCUT2D eigenvalue weighted by atomic mass is 16.8.